The number of aryl methyl sites for hydroxylation is 1. The monoisotopic (exact) mass is 650 g/mol. The fourth-order valence-corrected chi connectivity index (χ4v) is 5.71. The molecule has 0 spiro atoms. The third kappa shape index (κ3) is 6.07. The molecule has 4 rings (SSSR count). The first-order chi connectivity index (χ1) is 17.6. The summed E-state index contributed by atoms with van der Waals surface area (Å²) in [5.41, 5.74) is 2.14. The molecule has 0 aliphatic heterocycles. The Kier molecular flexibility index (Phi) is 8.39. The summed E-state index contributed by atoms with van der Waals surface area (Å²) in [7, 11) is -3.95. The van der Waals surface area contributed by atoms with Crippen LogP contribution in [-0.2, 0) is 16.6 Å². The predicted octanol–water partition coefficient (Wildman–Crippen LogP) is 4.74. The number of nitrogens with zero attached hydrogens (tertiary/aromatic N) is 1. The maximum atomic E-state index is 13.8. The van der Waals surface area contributed by atoms with Crippen LogP contribution in [0.5, 0.6) is 0 Å². The first kappa shape index (κ1) is 27.3. The van der Waals surface area contributed by atoms with E-state index in [0.717, 1.165) is 14.5 Å². The van der Waals surface area contributed by atoms with E-state index in [4.69, 9.17) is 9.52 Å². The van der Waals surface area contributed by atoms with Gasteiger partial charge in [0.1, 0.15) is 5.58 Å². The zero-order valence-electron chi connectivity index (χ0n) is 19.7. The molecule has 0 bridgehead atoms. The summed E-state index contributed by atoms with van der Waals surface area (Å²) in [6.45, 7) is 1.17. The van der Waals surface area contributed by atoms with Gasteiger partial charge in [-0.05, 0) is 67.1 Å². The summed E-state index contributed by atoms with van der Waals surface area (Å²) in [4.78, 5) is 12.7. The molecule has 194 valence electrons. The van der Waals surface area contributed by atoms with Gasteiger partial charge in [-0.15, -0.1) is 0 Å². The second-order valence-corrected chi connectivity index (χ2v) is 12.1. The summed E-state index contributed by atoms with van der Waals surface area (Å²) < 4.78 is 36.3. The van der Waals surface area contributed by atoms with E-state index >= 15 is 0 Å². The van der Waals surface area contributed by atoms with E-state index in [1.165, 1.54) is 4.31 Å². The maximum absolute atomic E-state index is 13.8. The number of furan rings is 1. The van der Waals surface area contributed by atoms with Crippen molar-refractivity contribution in [1.29, 1.82) is 0 Å². The number of sulfonamides is 1. The number of fused-ring (bicyclic) bond motifs is 1. The molecule has 0 radical (unpaired) electrons. The molecule has 8 nitrogen and oxygen atoms in total. The van der Waals surface area contributed by atoms with E-state index in [2.05, 4.69) is 37.2 Å². The van der Waals surface area contributed by atoms with E-state index in [0.29, 0.717) is 22.2 Å². The van der Waals surface area contributed by atoms with Crippen molar-refractivity contribution in [3.63, 3.8) is 0 Å². The minimum Gasteiger partial charge on any atom is -0.451 e. The molecule has 0 fully saturated rings. The number of carbonyl (C=O) groups is 1. The predicted molar refractivity (Wildman–Crippen MR) is 148 cm³/mol. The molecule has 0 aliphatic carbocycles. The standard InChI is InChI=1S/C26H24Br2N2O6S/c1-16-23-12-20(8-11-24(23)36-25(16)26(33)29-13-21(32)15-31)30(14-17-2-4-18(27)5-3-17)37(34,35)22-9-6-19(28)7-10-22/h2-12,21,31-32H,13-15H2,1H3,(H,29,33). The van der Waals surface area contributed by atoms with Gasteiger partial charge < -0.3 is 19.9 Å². The van der Waals surface area contributed by atoms with Gasteiger partial charge in [0.15, 0.2) is 5.76 Å². The zero-order valence-corrected chi connectivity index (χ0v) is 23.7. The Morgan fingerprint density at radius 2 is 1.65 bits per heavy atom. The van der Waals surface area contributed by atoms with E-state index in [9.17, 15) is 18.3 Å². The smallest absolute Gasteiger partial charge is 0.287 e. The minimum absolute atomic E-state index is 0.0486. The maximum Gasteiger partial charge on any atom is 0.287 e. The number of benzene rings is 3. The summed E-state index contributed by atoms with van der Waals surface area (Å²) in [5.74, 6) is -0.496. The minimum atomic E-state index is -3.95. The van der Waals surface area contributed by atoms with Crippen molar-refractivity contribution < 1.29 is 27.8 Å². The molecule has 1 heterocycles. The van der Waals surface area contributed by atoms with Gasteiger partial charge in [-0.2, -0.15) is 0 Å². The lowest BCUT2D eigenvalue weighted by molar-refractivity contribution is 0.0785. The number of aliphatic hydroxyl groups is 2. The van der Waals surface area contributed by atoms with Crippen LogP contribution in [0.1, 0.15) is 21.7 Å². The molecule has 3 aromatic carbocycles. The number of halogens is 2. The van der Waals surface area contributed by atoms with Gasteiger partial charge in [0.2, 0.25) is 0 Å². The molecule has 11 heteroatoms. The number of nitrogens with one attached hydrogen (secondary N) is 1. The number of anilines is 1. The molecule has 37 heavy (non-hydrogen) atoms. The molecule has 4 aromatic rings. The molecule has 0 saturated carbocycles. The summed E-state index contributed by atoms with van der Waals surface area (Å²) >= 11 is 6.75. The lowest BCUT2D eigenvalue weighted by Crippen LogP contribution is -2.33. The van der Waals surface area contributed by atoms with Gasteiger partial charge in [0, 0.05) is 26.4 Å². The van der Waals surface area contributed by atoms with Crippen LogP contribution in [0.4, 0.5) is 5.69 Å². The Morgan fingerprint density at radius 1 is 1.03 bits per heavy atom. The highest BCUT2D eigenvalue weighted by molar-refractivity contribution is 9.10. The highest BCUT2D eigenvalue weighted by Crippen LogP contribution is 2.33. The summed E-state index contributed by atoms with van der Waals surface area (Å²) in [6, 6.07) is 18.8. The van der Waals surface area contributed by atoms with Crippen molar-refractivity contribution in [2.45, 2.75) is 24.5 Å². The van der Waals surface area contributed by atoms with Crippen molar-refractivity contribution in [2.24, 2.45) is 0 Å². The van der Waals surface area contributed by atoms with Crippen LogP contribution in [-0.4, -0.2) is 43.8 Å². The van der Waals surface area contributed by atoms with E-state index in [-0.39, 0.29) is 23.7 Å². The van der Waals surface area contributed by atoms with Gasteiger partial charge in [-0.25, -0.2) is 8.42 Å². The van der Waals surface area contributed by atoms with Crippen molar-refractivity contribution in [2.75, 3.05) is 17.5 Å². The largest absolute Gasteiger partial charge is 0.451 e. The summed E-state index contributed by atoms with van der Waals surface area (Å²) in [6.07, 6.45) is -1.09. The van der Waals surface area contributed by atoms with E-state index in [1.807, 2.05) is 24.3 Å². The molecule has 1 atom stereocenters. The third-order valence-corrected chi connectivity index (χ3v) is 8.61. The van der Waals surface area contributed by atoms with Gasteiger partial charge >= 0.3 is 0 Å². The van der Waals surface area contributed by atoms with Crippen LogP contribution in [0.2, 0.25) is 0 Å². The van der Waals surface area contributed by atoms with Crippen molar-refractivity contribution >= 4 is 64.4 Å². The van der Waals surface area contributed by atoms with Gasteiger partial charge in [-0.1, -0.05) is 44.0 Å². The number of amides is 1. The number of hydrogen-bond acceptors (Lipinski definition) is 6. The Morgan fingerprint density at radius 3 is 2.27 bits per heavy atom. The normalized spacial score (nSPS) is 12.5. The first-order valence-electron chi connectivity index (χ1n) is 11.2. The zero-order chi connectivity index (χ0) is 26.7. The topological polar surface area (TPSA) is 120 Å². The molecular weight excluding hydrogens is 628 g/mol. The number of rotatable bonds is 9. The second kappa shape index (κ2) is 11.4. The van der Waals surface area contributed by atoms with Crippen molar-refractivity contribution in [3.8, 4) is 0 Å². The van der Waals surface area contributed by atoms with Crippen LogP contribution >= 0.6 is 31.9 Å². The SMILES string of the molecule is Cc1c(C(=O)NCC(O)CO)oc2ccc(N(Cc3ccc(Br)cc3)S(=O)(=O)c3ccc(Br)cc3)cc12. The average Bonchev–Trinajstić information content (AvgIpc) is 3.22. The average molecular weight is 652 g/mol. The molecule has 1 aromatic heterocycles. The lowest BCUT2D eigenvalue weighted by Gasteiger charge is -2.25. The molecular formula is C26H24Br2N2O6S. The van der Waals surface area contributed by atoms with Gasteiger partial charge in [-0.3, -0.25) is 9.10 Å². The highest BCUT2D eigenvalue weighted by Gasteiger charge is 2.27. The Balaban J connectivity index is 1.76. The van der Waals surface area contributed by atoms with E-state index in [1.54, 1.807) is 49.4 Å². The van der Waals surface area contributed by atoms with Crippen LogP contribution < -0.4 is 9.62 Å². The molecule has 0 saturated heterocycles. The molecule has 3 N–H and O–H groups in total. The van der Waals surface area contributed by atoms with Gasteiger partial charge in [0.25, 0.3) is 15.9 Å². The quantitative estimate of drug-likeness (QED) is 0.240. The van der Waals surface area contributed by atoms with Crippen LogP contribution in [0.25, 0.3) is 11.0 Å². The Labute approximate surface area is 231 Å². The highest BCUT2D eigenvalue weighted by atomic mass is 79.9. The second-order valence-electron chi connectivity index (χ2n) is 8.38. The fourth-order valence-electron chi connectivity index (χ4n) is 3.74. The van der Waals surface area contributed by atoms with Crippen LogP contribution in [0, 0.1) is 6.92 Å². The van der Waals surface area contributed by atoms with Crippen LogP contribution in [0.3, 0.4) is 0 Å². The van der Waals surface area contributed by atoms with Crippen molar-refractivity contribution in [3.05, 3.63) is 92.6 Å². The van der Waals surface area contributed by atoms with Gasteiger partial charge in [0.05, 0.1) is 29.8 Å². The number of hydrogen-bond donors (Lipinski definition) is 3. The molecule has 1 unspecified atom stereocenters. The fraction of sp³-hybridized carbons (Fsp3) is 0.192. The summed E-state index contributed by atoms with van der Waals surface area (Å²) in [5, 5.41) is 21.6. The Bertz CT molecular complexity index is 1520. The molecule has 0 aliphatic rings. The number of carbonyl (C=O) groups excluding carboxylic acids is 1. The number of aliphatic hydroxyl groups excluding tert-OH is 2. The molecule has 1 amide bonds. The third-order valence-electron chi connectivity index (χ3n) is 5.76. The van der Waals surface area contributed by atoms with Crippen molar-refractivity contribution in [1.82, 2.24) is 5.32 Å². The van der Waals surface area contributed by atoms with Crippen LogP contribution in [0.15, 0.2) is 85.0 Å². The lowest BCUT2D eigenvalue weighted by atomic mass is 10.1. The Hall–Kier alpha value is -2.70. The van der Waals surface area contributed by atoms with E-state index < -0.39 is 28.6 Å². The first-order valence-corrected chi connectivity index (χ1v) is 14.3.